The van der Waals surface area contributed by atoms with Crippen LogP contribution in [0.25, 0.3) is 0 Å². The molecule has 0 saturated carbocycles. The molecule has 0 N–H and O–H groups in total. The second-order valence-electron chi connectivity index (χ2n) is 7.46. The fourth-order valence-electron chi connectivity index (χ4n) is 3.76. The van der Waals surface area contributed by atoms with Crippen LogP contribution in [0, 0.1) is 24.4 Å². The van der Waals surface area contributed by atoms with E-state index in [1.807, 2.05) is 0 Å². The van der Waals surface area contributed by atoms with Gasteiger partial charge in [-0.1, -0.05) is 18.2 Å². The van der Waals surface area contributed by atoms with E-state index >= 15 is 0 Å². The van der Waals surface area contributed by atoms with E-state index in [4.69, 9.17) is 4.11 Å². The number of hydrogen-bond acceptors (Lipinski definition) is 3. The van der Waals surface area contributed by atoms with Gasteiger partial charge >= 0.3 is 6.18 Å². The average molecular weight is 468 g/mol. The second-order valence-corrected chi connectivity index (χ2v) is 7.46. The van der Waals surface area contributed by atoms with Crippen molar-refractivity contribution in [3.05, 3.63) is 82.8 Å². The monoisotopic (exact) mass is 468 g/mol. The first-order valence-electron chi connectivity index (χ1n) is 11.1. The summed E-state index contributed by atoms with van der Waals surface area (Å²) >= 11 is 0. The quantitative estimate of drug-likeness (QED) is 0.374. The Kier molecular flexibility index (Phi) is 4.65. The molecule has 172 valence electrons. The maximum Gasteiger partial charge on any atom is 0.416 e. The number of anilines is 3. The van der Waals surface area contributed by atoms with Crippen LogP contribution in [0.2, 0.25) is 0 Å². The molecule has 0 aliphatic carbocycles. The molecule has 1 atom stereocenters. The number of para-hydroxylation sites is 1. The topological polar surface area (TPSA) is 36.4 Å². The molecular weight excluding hydrogens is 448 g/mol. The Bertz CT molecular complexity index is 1350. The van der Waals surface area contributed by atoms with Gasteiger partial charge in [-0.05, 0) is 30.7 Å². The third kappa shape index (κ3) is 4.12. The zero-order valence-corrected chi connectivity index (χ0v) is 16.9. The Morgan fingerprint density at radius 2 is 1.79 bits per heavy atom. The maximum atomic E-state index is 14.6. The zero-order chi connectivity index (χ0) is 26.6. The molecule has 1 aliphatic heterocycles. The molecule has 2 aromatic carbocycles. The number of pyridine rings is 1. The van der Waals surface area contributed by atoms with E-state index < -0.39 is 53.8 Å². The van der Waals surface area contributed by atoms with Gasteiger partial charge in [0.2, 0.25) is 5.91 Å². The average Bonchev–Trinajstić information content (AvgIpc) is 3.15. The number of benzene rings is 2. The molecule has 3 aromatic rings. The summed E-state index contributed by atoms with van der Waals surface area (Å²) in [5.41, 5.74) is -1.32. The van der Waals surface area contributed by atoms with Crippen molar-refractivity contribution in [2.45, 2.75) is 25.6 Å². The van der Waals surface area contributed by atoms with Gasteiger partial charge in [0.25, 0.3) is 0 Å². The van der Waals surface area contributed by atoms with Gasteiger partial charge in [0.15, 0.2) is 11.6 Å². The predicted molar refractivity (Wildman–Crippen MR) is 110 cm³/mol. The van der Waals surface area contributed by atoms with Crippen LogP contribution in [0.5, 0.6) is 0 Å². The molecule has 4 rings (SSSR count). The molecule has 1 aromatic heterocycles. The fourth-order valence-corrected chi connectivity index (χ4v) is 3.76. The van der Waals surface area contributed by atoms with Crippen molar-refractivity contribution in [2.24, 2.45) is 0 Å². The molecule has 0 bridgehead atoms. The number of aromatic nitrogens is 1. The summed E-state index contributed by atoms with van der Waals surface area (Å²) in [7, 11) is 0. The van der Waals surface area contributed by atoms with Crippen molar-refractivity contribution in [3.63, 3.8) is 0 Å². The van der Waals surface area contributed by atoms with Gasteiger partial charge in [-0.2, -0.15) is 13.2 Å². The molecule has 1 aliphatic rings. The molecule has 1 amide bonds. The summed E-state index contributed by atoms with van der Waals surface area (Å²) in [4.78, 5) is 18.9. The Hall–Kier alpha value is -3.56. The van der Waals surface area contributed by atoms with Crippen molar-refractivity contribution in [3.8, 4) is 0 Å². The lowest BCUT2D eigenvalue weighted by atomic mass is 10.1. The summed E-state index contributed by atoms with van der Waals surface area (Å²) in [5.74, 6) is -6.24. The van der Waals surface area contributed by atoms with Crippen LogP contribution in [-0.4, -0.2) is 23.9 Å². The van der Waals surface area contributed by atoms with E-state index in [1.54, 1.807) is 18.2 Å². The molecule has 0 spiro atoms. The van der Waals surface area contributed by atoms with Gasteiger partial charge in [-0.25, -0.2) is 18.2 Å². The van der Waals surface area contributed by atoms with Gasteiger partial charge in [-0.15, -0.1) is 0 Å². The minimum absolute atomic E-state index is 0.00880. The first kappa shape index (κ1) is 19.0. The third-order valence-corrected chi connectivity index (χ3v) is 5.23. The molecule has 0 saturated heterocycles. The zero-order valence-electron chi connectivity index (χ0n) is 19.9. The highest BCUT2D eigenvalue weighted by Gasteiger charge is 2.40. The number of amides is 1. The lowest BCUT2D eigenvalue weighted by Crippen LogP contribution is -2.45. The SMILES string of the molecule is [2H]C([2H])([2H])N(C(=O)[C@@H]1Cc2ccccc2N1c1cc(C(F)(F)F)cc(C)n1)c1cc(F)c(F)cc1F. The Labute approximate surface area is 189 Å². The van der Waals surface area contributed by atoms with Crippen LogP contribution in [-0.2, 0) is 17.4 Å². The smallest absolute Gasteiger partial charge is 0.313 e. The summed E-state index contributed by atoms with van der Waals surface area (Å²) in [6.45, 7) is -2.03. The van der Waals surface area contributed by atoms with Gasteiger partial charge in [0, 0.05) is 41.0 Å². The molecule has 10 heteroatoms. The minimum Gasteiger partial charge on any atom is -0.313 e. The minimum atomic E-state index is -4.74. The number of aryl methyl sites for hydroxylation is 1. The van der Waals surface area contributed by atoms with E-state index in [-0.39, 0.29) is 35.0 Å². The molecule has 2 heterocycles. The first-order valence-corrected chi connectivity index (χ1v) is 9.60. The van der Waals surface area contributed by atoms with Crippen molar-refractivity contribution in [1.82, 2.24) is 4.98 Å². The normalized spacial score (nSPS) is 17.2. The highest BCUT2D eigenvalue weighted by molar-refractivity contribution is 6.01. The Morgan fingerprint density at radius 3 is 2.48 bits per heavy atom. The number of rotatable bonds is 3. The lowest BCUT2D eigenvalue weighted by molar-refractivity contribution is -0.137. The van der Waals surface area contributed by atoms with Crippen molar-refractivity contribution < 1.29 is 35.2 Å². The largest absolute Gasteiger partial charge is 0.416 e. The molecule has 4 nitrogen and oxygen atoms in total. The Morgan fingerprint density at radius 1 is 1.09 bits per heavy atom. The van der Waals surface area contributed by atoms with Crippen molar-refractivity contribution in [1.29, 1.82) is 0 Å². The van der Waals surface area contributed by atoms with Crippen molar-refractivity contribution >= 4 is 23.1 Å². The third-order valence-electron chi connectivity index (χ3n) is 5.23. The van der Waals surface area contributed by atoms with E-state index in [2.05, 4.69) is 4.98 Å². The summed E-state index contributed by atoms with van der Waals surface area (Å²) in [5, 5.41) is 0. The second kappa shape index (κ2) is 8.09. The first-order chi connectivity index (χ1) is 16.7. The van der Waals surface area contributed by atoms with E-state index in [9.17, 15) is 31.1 Å². The van der Waals surface area contributed by atoms with Crippen molar-refractivity contribution in [2.75, 3.05) is 16.8 Å². The number of alkyl halides is 3. The van der Waals surface area contributed by atoms with Gasteiger partial charge in [0.1, 0.15) is 17.7 Å². The summed E-state index contributed by atoms with van der Waals surface area (Å²) < 4.78 is 106. The van der Waals surface area contributed by atoms with Gasteiger partial charge in [0.05, 0.1) is 11.3 Å². The number of likely N-dealkylation sites (N-methyl/N-ethyl adjacent to an activating group) is 1. The number of carbonyl (C=O) groups excluding carboxylic acids is 1. The number of carbonyl (C=O) groups is 1. The van der Waals surface area contributed by atoms with E-state index in [0.717, 1.165) is 11.0 Å². The lowest BCUT2D eigenvalue weighted by Gasteiger charge is -2.30. The summed E-state index contributed by atoms with van der Waals surface area (Å²) in [6, 6.07) is 6.68. The number of hydrogen-bond donors (Lipinski definition) is 0. The highest BCUT2D eigenvalue weighted by atomic mass is 19.4. The molecule has 0 fully saturated rings. The van der Waals surface area contributed by atoms with E-state index in [1.165, 1.54) is 13.0 Å². The molecule has 33 heavy (non-hydrogen) atoms. The van der Waals surface area contributed by atoms with Gasteiger partial charge in [-0.3, -0.25) is 4.79 Å². The molecular formula is C23H17F6N3O. The maximum absolute atomic E-state index is 14.6. The van der Waals surface area contributed by atoms with E-state index in [0.29, 0.717) is 17.3 Å². The van der Waals surface area contributed by atoms with Crippen LogP contribution < -0.4 is 9.80 Å². The van der Waals surface area contributed by atoms with Crippen LogP contribution in [0.4, 0.5) is 43.5 Å². The molecule has 0 unspecified atom stereocenters. The van der Waals surface area contributed by atoms with Gasteiger partial charge < -0.3 is 9.80 Å². The van der Waals surface area contributed by atoms with Crippen LogP contribution in [0.3, 0.4) is 0 Å². The summed E-state index contributed by atoms with van der Waals surface area (Å²) in [6.07, 6.45) is -4.90. The highest BCUT2D eigenvalue weighted by Crippen LogP contribution is 2.40. The standard InChI is InChI=1S/C23H17F6N3O/c1-12-7-14(23(27,28)29)9-21(30-12)32-18-6-4-3-5-13(18)8-20(32)22(33)31(2)19-11-16(25)15(24)10-17(19)26/h3-7,9-11,20H,8H2,1-2H3/t20-/m0/s1/i2D3. The predicted octanol–water partition coefficient (Wildman–Crippen LogP) is 5.55. The van der Waals surface area contributed by atoms with Crippen LogP contribution in [0.15, 0.2) is 48.5 Å². The van der Waals surface area contributed by atoms with Crippen LogP contribution in [0.1, 0.15) is 20.9 Å². The Balaban J connectivity index is 1.88. The molecule has 0 radical (unpaired) electrons. The number of nitrogens with zero attached hydrogens (tertiary/aromatic N) is 3. The fraction of sp³-hybridized carbons (Fsp3) is 0.217. The number of fused-ring (bicyclic) bond motifs is 1. The van der Waals surface area contributed by atoms with Crippen LogP contribution >= 0.6 is 0 Å². The number of halogens is 6.